The molecule has 0 bridgehead atoms. The highest BCUT2D eigenvalue weighted by Gasteiger charge is 2.46. The number of Topliss-reactive ketones (excluding diaryl/α,β-unsaturated/α-hetero) is 1. The molecule has 1 aliphatic carbocycles. The van der Waals surface area contributed by atoms with Gasteiger partial charge in [0.25, 0.3) is 0 Å². The highest BCUT2D eigenvalue weighted by atomic mass is 79.9. The Kier molecular flexibility index (Phi) is 9.10. The molecule has 21 heavy (non-hydrogen) atoms. The van der Waals surface area contributed by atoms with Gasteiger partial charge < -0.3 is 4.74 Å². The normalized spacial score (nSPS) is 29.9. The van der Waals surface area contributed by atoms with E-state index in [1.54, 1.807) is 6.92 Å². The number of carbonyl (C=O) groups is 2. The van der Waals surface area contributed by atoms with Crippen molar-refractivity contribution in [1.82, 2.24) is 0 Å². The molecule has 0 spiro atoms. The quantitative estimate of drug-likeness (QED) is 0.357. The standard InChI is InChI=1S/C16H26Br2O3/c1-2-21-15(20)16(18)12-10-8-6-4-3-5-7-9-11-13(17)14(16)19/h13H,2-12H2,1H3/t13-,16+/m0/s1. The summed E-state index contributed by atoms with van der Waals surface area (Å²) in [6.07, 6.45) is 10.4. The van der Waals surface area contributed by atoms with E-state index in [-0.39, 0.29) is 10.6 Å². The van der Waals surface area contributed by atoms with Crippen LogP contribution in [0.5, 0.6) is 0 Å². The molecule has 0 aliphatic heterocycles. The molecular formula is C16H26Br2O3. The van der Waals surface area contributed by atoms with E-state index in [1.807, 2.05) is 0 Å². The van der Waals surface area contributed by atoms with E-state index >= 15 is 0 Å². The Morgan fingerprint density at radius 1 is 1.14 bits per heavy atom. The molecule has 0 aromatic heterocycles. The van der Waals surface area contributed by atoms with Gasteiger partial charge in [-0.2, -0.15) is 0 Å². The first-order valence-corrected chi connectivity index (χ1v) is 9.77. The fraction of sp³-hybridized carbons (Fsp3) is 0.875. The number of hydrogen-bond acceptors (Lipinski definition) is 3. The van der Waals surface area contributed by atoms with Crippen LogP contribution in [0.1, 0.15) is 71.1 Å². The SMILES string of the molecule is CCOC(=O)[C@@]1(Br)CCCCCCCCCC[C@H](Br)C1=O. The van der Waals surface area contributed by atoms with Crippen LogP contribution in [-0.4, -0.2) is 27.5 Å². The van der Waals surface area contributed by atoms with Crippen LogP contribution in [0.3, 0.4) is 0 Å². The van der Waals surface area contributed by atoms with Gasteiger partial charge in [0.15, 0.2) is 10.1 Å². The molecular weight excluding hydrogens is 400 g/mol. The number of carbonyl (C=O) groups excluding carboxylic acids is 2. The van der Waals surface area contributed by atoms with Gasteiger partial charge >= 0.3 is 5.97 Å². The van der Waals surface area contributed by atoms with E-state index in [9.17, 15) is 9.59 Å². The van der Waals surface area contributed by atoms with Crippen LogP contribution in [0.4, 0.5) is 0 Å². The van der Waals surface area contributed by atoms with E-state index in [0.29, 0.717) is 13.0 Å². The number of hydrogen-bond donors (Lipinski definition) is 0. The predicted molar refractivity (Wildman–Crippen MR) is 92.2 cm³/mol. The molecule has 0 unspecified atom stereocenters. The van der Waals surface area contributed by atoms with Gasteiger partial charge in [-0.25, -0.2) is 0 Å². The second-order valence-corrected chi connectivity index (χ2v) is 8.18. The van der Waals surface area contributed by atoms with E-state index in [1.165, 1.54) is 25.7 Å². The van der Waals surface area contributed by atoms with Gasteiger partial charge in [0, 0.05) is 0 Å². The van der Waals surface area contributed by atoms with Crippen LogP contribution in [0, 0.1) is 0 Å². The summed E-state index contributed by atoms with van der Waals surface area (Å²) >= 11 is 6.89. The van der Waals surface area contributed by atoms with Crippen LogP contribution in [-0.2, 0) is 14.3 Å². The van der Waals surface area contributed by atoms with Crippen molar-refractivity contribution in [3.63, 3.8) is 0 Å². The smallest absolute Gasteiger partial charge is 0.330 e. The third-order valence-corrected chi connectivity index (χ3v) is 5.99. The maximum atomic E-state index is 12.7. The zero-order valence-corrected chi connectivity index (χ0v) is 16.0. The van der Waals surface area contributed by atoms with Crippen LogP contribution in [0.15, 0.2) is 0 Å². The van der Waals surface area contributed by atoms with Gasteiger partial charge in [-0.1, -0.05) is 83.2 Å². The number of alkyl halides is 2. The zero-order chi connectivity index (χ0) is 15.7. The molecule has 0 radical (unpaired) electrons. The summed E-state index contributed by atoms with van der Waals surface area (Å²) in [6, 6.07) is 0. The molecule has 2 atom stereocenters. The molecule has 1 aliphatic rings. The summed E-state index contributed by atoms with van der Waals surface area (Å²) in [4.78, 5) is 24.7. The molecule has 5 heteroatoms. The summed E-state index contributed by atoms with van der Waals surface area (Å²) in [7, 11) is 0. The van der Waals surface area contributed by atoms with Crippen LogP contribution in [0.25, 0.3) is 0 Å². The second-order valence-electron chi connectivity index (χ2n) is 5.72. The average molecular weight is 426 g/mol. The van der Waals surface area contributed by atoms with Gasteiger partial charge in [0.2, 0.25) is 0 Å². The molecule has 0 aromatic carbocycles. The molecule has 0 N–H and O–H groups in total. The summed E-state index contributed by atoms with van der Waals surface area (Å²) < 4.78 is 3.95. The lowest BCUT2D eigenvalue weighted by Crippen LogP contribution is -2.46. The third-order valence-electron chi connectivity index (χ3n) is 4.00. The van der Waals surface area contributed by atoms with Crippen LogP contribution in [0.2, 0.25) is 0 Å². The van der Waals surface area contributed by atoms with E-state index in [4.69, 9.17) is 4.74 Å². The topological polar surface area (TPSA) is 43.4 Å². The minimum Gasteiger partial charge on any atom is -0.465 e. The number of halogens is 2. The zero-order valence-electron chi connectivity index (χ0n) is 12.8. The fourth-order valence-corrected chi connectivity index (χ4v) is 4.40. The average Bonchev–Trinajstić information content (AvgIpc) is 2.48. The Hall–Kier alpha value is 0.1000. The number of rotatable bonds is 2. The Morgan fingerprint density at radius 2 is 1.67 bits per heavy atom. The van der Waals surface area contributed by atoms with Crippen molar-refractivity contribution in [3.8, 4) is 0 Å². The van der Waals surface area contributed by atoms with Crippen molar-refractivity contribution in [2.75, 3.05) is 6.61 Å². The lowest BCUT2D eigenvalue weighted by Gasteiger charge is -2.26. The third kappa shape index (κ3) is 6.01. The van der Waals surface area contributed by atoms with Gasteiger partial charge in [-0.3, -0.25) is 9.59 Å². The van der Waals surface area contributed by atoms with Gasteiger partial charge in [-0.15, -0.1) is 0 Å². The lowest BCUT2D eigenvalue weighted by molar-refractivity contribution is -0.149. The van der Waals surface area contributed by atoms with Crippen molar-refractivity contribution < 1.29 is 14.3 Å². The van der Waals surface area contributed by atoms with Gasteiger partial charge in [0.05, 0.1) is 11.4 Å². The molecule has 0 saturated heterocycles. The van der Waals surface area contributed by atoms with Crippen molar-refractivity contribution in [1.29, 1.82) is 0 Å². The molecule has 122 valence electrons. The largest absolute Gasteiger partial charge is 0.465 e. The fourth-order valence-electron chi connectivity index (χ4n) is 2.70. The molecule has 1 saturated carbocycles. The van der Waals surface area contributed by atoms with Crippen molar-refractivity contribution in [3.05, 3.63) is 0 Å². The minimum atomic E-state index is -1.18. The first kappa shape index (κ1) is 19.1. The number of ketones is 1. The monoisotopic (exact) mass is 424 g/mol. The van der Waals surface area contributed by atoms with Gasteiger partial charge in [-0.05, 0) is 19.8 Å². The predicted octanol–water partition coefficient (Wildman–Crippen LogP) is 4.93. The molecule has 0 heterocycles. The van der Waals surface area contributed by atoms with E-state index in [0.717, 1.165) is 32.1 Å². The molecule has 3 nitrogen and oxygen atoms in total. The molecule has 1 fully saturated rings. The van der Waals surface area contributed by atoms with Crippen LogP contribution < -0.4 is 0 Å². The van der Waals surface area contributed by atoms with Crippen molar-refractivity contribution >= 4 is 43.6 Å². The number of ether oxygens (including phenoxy) is 1. The van der Waals surface area contributed by atoms with Gasteiger partial charge in [0.1, 0.15) is 0 Å². The molecule has 0 amide bonds. The second kappa shape index (κ2) is 9.98. The Bertz CT molecular complexity index is 346. The maximum absolute atomic E-state index is 12.7. The summed E-state index contributed by atoms with van der Waals surface area (Å²) in [6.45, 7) is 2.07. The van der Waals surface area contributed by atoms with Crippen molar-refractivity contribution in [2.45, 2.75) is 80.3 Å². The van der Waals surface area contributed by atoms with Crippen LogP contribution >= 0.6 is 31.9 Å². The highest BCUT2D eigenvalue weighted by Crippen LogP contribution is 2.33. The molecule has 1 rings (SSSR count). The first-order chi connectivity index (χ1) is 10.0. The maximum Gasteiger partial charge on any atom is 0.330 e. The highest BCUT2D eigenvalue weighted by molar-refractivity contribution is 9.11. The molecule has 0 aromatic rings. The lowest BCUT2D eigenvalue weighted by atomic mass is 9.93. The summed E-state index contributed by atoms with van der Waals surface area (Å²) in [5.74, 6) is -0.519. The minimum absolute atomic E-state index is 0.0832. The van der Waals surface area contributed by atoms with E-state index < -0.39 is 10.3 Å². The summed E-state index contributed by atoms with van der Waals surface area (Å²) in [5, 5.41) is 0. The van der Waals surface area contributed by atoms with Crippen molar-refractivity contribution in [2.24, 2.45) is 0 Å². The van der Waals surface area contributed by atoms with E-state index in [2.05, 4.69) is 31.9 Å². The number of esters is 1. The Labute approximate surface area is 144 Å². The Morgan fingerprint density at radius 3 is 2.24 bits per heavy atom. The first-order valence-electron chi connectivity index (χ1n) is 8.07. The Balaban J connectivity index is 2.81. The summed E-state index contributed by atoms with van der Waals surface area (Å²) in [5.41, 5.74) is 0.